The maximum atomic E-state index is 12.1. The molecule has 3 rings (SSSR count). The van der Waals surface area contributed by atoms with Gasteiger partial charge in [-0.2, -0.15) is 0 Å². The number of amides is 1. The molecule has 0 saturated heterocycles. The number of anilines is 1. The molecule has 1 heterocycles. The van der Waals surface area contributed by atoms with E-state index in [1.165, 1.54) is 6.33 Å². The third-order valence-electron chi connectivity index (χ3n) is 3.54. The summed E-state index contributed by atoms with van der Waals surface area (Å²) < 4.78 is 0. The Hall–Kier alpha value is -1.59. The zero-order chi connectivity index (χ0) is 15.4. The average molecular weight is 334 g/mol. The molecule has 6 heteroatoms. The summed E-state index contributed by atoms with van der Waals surface area (Å²) in [6.45, 7) is 0. The second-order valence-corrected chi connectivity index (χ2v) is 6.71. The lowest BCUT2D eigenvalue weighted by Crippen LogP contribution is -2.15. The Balaban J connectivity index is 1.51. The molecular weight excluding hydrogens is 318 g/mol. The SMILES string of the molecule is O=C(CCSc1ccc(Cl)cc1)Nc1ncnc2c1CCC2. The van der Waals surface area contributed by atoms with E-state index < -0.39 is 0 Å². The van der Waals surface area contributed by atoms with Crippen molar-refractivity contribution in [1.82, 2.24) is 9.97 Å². The van der Waals surface area contributed by atoms with E-state index in [0.29, 0.717) is 12.2 Å². The number of carbonyl (C=O) groups is 1. The molecule has 1 aromatic heterocycles. The van der Waals surface area contributed by atoms with Gasteiger partial charge in [0.25, 0.3) is 0 Å². The van der Waals surface area contributed by atoms with Gasteiger partial charge >= 0.3 is 0 Å². The van der Waals surface area contributed by atoms with Gasteiger partial charge in [-0.25, -0.2) is 9.97 Å². The second kappa shape index (κ2) is 7.11. The molecule has 0 atom stereocenters. The van der Waals surface area contributed by atoms with Crippen molar-refractivity contribution in [3.63, 3.8) is 0 Å². The quantitative estimate of drug-likeness (QED) is 0.847. The zero-order valence-electron chi connectivity index (χ0n) is 12.0. The van der Waals surface area contributed by atoms with Crippen LogP contribution < -0.4 is 5.32 Å². The summed E-state index contributed by atoms with van der Waals surface area (Å²) in [5, 5.41) is 3.64. The van der Waals surface area contributed by atoms with E-state index in [1.54, 1.807) is 11.8 Å². The van der Waals surface area contributed by atoms with Crippen LogP contribution in [0.2, 0.25) is 5.02 Å². The molecule has 1 aliphatic rings. The normalized spacial score (nSPS) is 13.0. The van der Waals surface area contributed by atoms with E-state index in [4.69, 9.17) is 11.6 Å². The molecule has 1 N–H and O–H groups in total. The predicted molar refractivity (Wildman–Crippen MR) is 89.5 cm³/mol. The summed E-state index contributed by atoms with van der Waals surface area (Å²) in [6.07, 6.45) is 5.00. The van der Waals surface area contributed by atoms with Gasteiger partial charge in [0.15, 0.2) is 0 Å². The van der Waals surface area contributed by atoms with E-state index in [9.17, 15) is 4.79 Å². The van der Waals surface area contributed by atoms with Crippen molar-refractivity contribution in [2.45, 2.75) is 30.6 Å². The highest BCUT2D eigenvalue weighted by Crippen LogP contribution is 2.25. The van der Waals surface area contributed by atoms with Crippen LogP contribution in [0.1, 0.15) is 24.1 Å². The lowest BCUT2D eigenvalue weighted by atomic mass is 10.2. The maximum absolute atomic E-state index is 12.1. The number of carbonyl (C=O) groups excluding carboxylic acids is 1. The van der Waals surface area contributed by atoms with Gasteiger partial charge in [0.05, 0.1) is 0 Å². The molecule has 1 aromatic carbocycles. The number of rotatable bonds is 5. The Labute approximate surface area is 138 Å². The molecule has 0 unspecified atom stereocenters. The molecule has 22 heavy (non-hydrogen) atoms. The van der Waals surface area contributed by atoms with Gasteiger partial charge in [-0.1, -0.05) is 11.6 Å². The molecule has 4 nitrogen and oxygen atoms in total. The fraction of sp³-hybridized carbons (Fsp3) is 0.312. The minimum absolute atomic E-state index is 0.00531. The molecule has 0 saturated carbocycles. The molecule has 2 aromatic rings. The number of hydrogen-bond donors (Lipinski definition) is 1. The number of benzene rings is 1. The fourth-order valence-electron chi connectivity index (χ4n) is 2.45. The summed E-state index contributed by atoms with van der Waals surface area (Å²) in [4.78, 5) is 21.6. The first-order chi connectivity index (χ1) is 10.7. The minimum Gasteiger partial charge on any atom is -0.310 e. The number of halogens is 1. The van der Waals surface area contributed by atoms with Crippen molar-refractivity contribution in [3.8, 4) is 0 Å². The van der Waals surface area contributed by atoms with Crippen LogP contribution in [0, 0.1) is 0 Å². The van der Waals surface area contributed by atoms with Crippen molar-refractivity contribution in [1.29, 1.82) is 0 Å². The lowest BCUT2D eigenvalue weighted by Gasteiger charge is -2.08. The second-order valence-electron chi connectivity index (χ2n) is 5.10. The van der Waals surface area contributed by atoms with Crippen molar-refractivity contribution < 1.29 is 4.79 Å². The van der Waals surface area contributed by atoms with E-state index in [0.717, 1.165) is 46.2 Å². The summed E-state index contributed by atoms with van der Waals surface area (Å²) in [5.74, 6) is 1.40. The van der Waals surface area contributed by atoms with Gasteiger partial charge in [0.1, 0.15) is 12.1 Å². The molecule has 0 radical (unpaired) electrons. The molecule has 0 aliphatic heterocycles. The number of nitrogens with zero attached hydrogens (tertiary/aromatic N) is 2. The summed E-state index contributed by atoms with van der Waals surface area (Å²) in [5.41, 5.74) is 2.17. The van der Waals surface area contributed by atoms with Crippen LogP contribution >= 0.6 is 23.4 Å². The highest BCUT2D eigenvalue weighted by Gasteiger charge is 2.18. The zero-order valence-corrected chi connectivity index (χ0v) is 13.6. The molecule has 0 fully saturated rings. The molecular formula is C16H16ClN3OS. The Morgan fingerprint density at radius 2 is 2.05 bits per heavy atom. The number of thioether (sulfide) groups is 1. The Morgan fingerprint density at radius 1 is 1.23 bits per heavy atom. The van der Waals surface area contributed by atoms with Crippen LogP contribution in [0.25, 0.3) is 0 Å². The van der Waals surface area contributed by atoms with Crippen LogP contribution in [-0.2, 0) is 17.6 Å². The van der Waals surface area contributed by atoms with Crippen LogP contribution in [0.4, 0.5) is 5.82 Å². The standard InChI is InChI=1S/C16H16ClN3OS/c17-11-4-6-12(7-5-11)22-9-8-15(21)20-16-13-2-1-3-14(13)18-10-19-16/h4-7,10H,1-3,8-9H2,(H,18,19,20,21). The van der Waals surface area contributed by atoms with E-state index in [2.05, 4.69) is 15.3 Å². The van der Waals surface area contributed by atoms with Crippen LogP contribution in [-0.4, -0.2) is 21.6 Å². The van der Waals surface area contributed by atoms with E-state index >= 15 is 0 Å². The highest BCUT2D eigenvalue weighted by molar-refractivity contribution is 7.99. The summed E-state index contributed by atoms with van der Waals surface area (Å²) >= 11 is 7.49. The van der Waals surface area contributed by atoms with Gasteiger partial charge in [-0.05, 0) is 43.5 Å². The number of aromatic nitrogens is 2. The fourth-order valence-corrected chi connectivity index (χ4v) is 3.43. The van der Waals surface area contributed by atoms with Crippen LogP contribution in [0.15, 0.2) is 35.5 Å². The van der Waals surface area contributed by atoms with Crippen molar-refractivity contribution in [2.75, 3.05) is 11.1 Å². The first-order valence-electron chi connectivity index (χ1n) is 7.23. The Kier molecular flexibility index (Phi) is 4.95. The number of aryl methyl sites for hydroxylation is 1. The van der Waals surface area contributed by atoms with Crippen LogP contribution in [0.3, 0.4) is 0 Å². The van der Waals surface area contributed by atoms with Crippen molar-refractivity contribution in [3.05, 3.63) is 46.9 Å². The van der Waals surface area contributed by atoms with Gasteiger partial charge in [0, 0.05) is 33.3 Å². The number of fused-ring (bicyclic) bond motifs is 1. The average Bonchev–Trinajstić information content (AvgIpc) is 2.99. The Morgan fingerprint density at radius 3 is 2.86 bits per heavy atom. The number of nitrogens with one attached hydrogen (secondary N) is 1. The lowest BCUT2D eigenvalue weighted by molar-refractivity contribution is -0.115. The summed E-state index contributed by atoms with van der Waals surface area (Å²) in [7, 11) is 0. The van der Waals surface area contributed by atoms with Gasteiger partial charge in [0.2, 0.25) is 5.91 Å². The topological polar surface area (TPSA) is 54.9 Å². The van der Waals surface area contributed by atoms with Gasteiger partial charge in [-0.15, -0.1) is 11.8 Å². The largest absolute Gasteiger partial charge is 0.310 e. The molecule has 0 spiro atoms. The van der Waals surface area contributed by atoms with Gasteiger partial charge in [-0.3, -0.25) is 4.79 Å². The maximum Gasteiger partial charge on any atom is 0.226 e. The van der Waals surface area contributed by atoms with Gasteiger partial charge < -0.3 is 5.32 Å². The first kappa shape index (κ1) is 15.3. The summed E-state index contributed by atoms with van der Waals surface area (Å²) in [6, 6.07) is 7.63. The molecule has 1 amide bonds. The first-order valence-corrected chi connectivity index (χ1v) is 8.60. The number of hydrogen-bond acceptors (Lipinski definition) is 4. The van der Waals surface area contributed by atoms with Crippen molar-refractivity contribution in [2.24, 2.45) is 0 Å². The smallest absolute Gasteiger partial charge is 0.226 e. The molecule has 114 valence electrons. The highest BCUT2D eigenvalue weighted by atomic mass is 35.5. The van der Waals surface area contributed by atoms with E-state index in [1.807, 2.05) is 24.3 Å². The third-order valence-corrected chi connectivity index (χ3v) is 4.81. The third kappa shape index (κ3) is 3.78. The van der Waals surface area contributed by atoms with Crippen LogP contribution in [0.5, 0.6) is 0 Å². The monoisotopic (exact) mass is 333 g/mol. The molecule has 1 aliphatic carbocycles. The van der Waals surface area contributed by atoms with Crippen molar-refractivity contribution >= 4 is 35.1 Å². The Bertz CT molecular complexity index is 676. The molecule has 0 bridgehead atoms. The minimum atomic E-state index is -0.00531. The predicted octanol–water partition coefficient (Wildman–Crippen LogP) is 3.74. The van der Waals surface area contributed by atoms with E-state index in [-0.39, 0.29) is 5.91 Å².